The first-order chi connectivity index (χ1) is 5.70. The fraction of sp³-hybridized carbons (Fsp3) is 0.429. The fourth-order valence-corrected chi connectivity index (χ4v) is 2.45. The first-order valence-corrected chi connectivity index (χ1v) is 4.62. The van der Waals surface area contributed by atoms with Gasteiger partial charge in [-0.2, -0.15) is 0 Å². The molecular weight excluding hydrogens is 214 g/mol. The number of thioether (sulfide) groups is 1. The molecule has 2 heterocycles. The molecule has 2 aliphatic rings. The number of carbonyl (C=O) groups is 2. The van der Waals surface area contributed by atoms with Crippen LogP contribution in [0, 0.1) is 0 Å². The van der Waals surface area contributed by atoms with Crippen molar-refractivity contribution in [3.63, 3.8) is 0 Å². The van der Waals surface area contributed by atoms with E-state index in [1.165, 1.54) is 4.90 Å². The molecule has 1 saturated heterocycles. The number of fused-ring (bicyclic) bond motifs is 1. The Balaban J connectivity index is 0.000000845. The number of β-lactam (4-membered cyclic amide) rings is 1. The Bertz CT molecular complexity index is 291. The highest BCUT2D eigenvalue weighted by atomic mass is 35.5. The van der Waals surface area contributed by atoms with E-state index >= 15 is 0 Å². The molecule has 0 aliphatic carbocycles. The second-order valence-corrected chi connectivity index (χ2v) is 3.86. The van der Waals surface area contributed by atoms with Crippen molar-refractivity contribution in [2.75, 3.05) is 5.75 Å². The Morgan fingerprint density at radius 3 is 2.85 bits per heavy atom. The molecule has 0 saturated carbocycles. The minimum absolute atomic E-state index is 0. The summed E-state index contributed by atoms with van der Waals surface area (Å²) in [6.07, 6.45) is 2.07. The lowest BCUT2D eigenvalue weighted by atomic mass is 10.1. The minimum atomic E-state index is -1.01. The lowest BCUT2D eigenvalue weighted by Gasteiger charge is -2.42. The fourth-order valence-electron chi connectivity index (χ4n) is 1.34. The average molecular weight is 222 g/mol. The van der Waals surface area contributed by atoms with Crippen LogP contribution in [0.3, 0.4) is 0 Å². The van der Waals surface area contributed by atoms with Gasteiger partial charge in [-0.15, -0.1) is 24.2 Å². The lowest BCUT2D eigenvalue weighted by Crippen LogP contribution is -2.52. The summed E-state index contributed by atoms with van der Waals surface area (Å²) in [6, 6.07) is 0. The van der Waals surface area contributed by atoms with Crippen molar-refractivity contribution in [2.24, 2.45) is 0 Å². The van der Waals surface area contributed by atoms with E-state index in [1.54, 1.807) is 17.8 Å². The number of halogens is 1. The molecule has 0 spiro atoms. The van der Waals surface area contributed by atoms with Gasteiger partial charge in [0, 0.05) is 5.75 Å². The van der Waals surface area contributed by atoms with Crippen molar-refractivity contribution in [3.8, 4) is 0 Å². The number of carboxylic acids is 1. The van der Waals surface area contributed by atoms with Gasteiger partial charge in [0.1, 0.15) is 5.70 Å². The van der Waals surface area contributed by atoms with Crippen LogP contribution in [0.5, 0.6) is 0 Å². The molecule has 1 amide bonds. The van der Waals surface area contributed by atoms with E-state index in [9.17, 15) is 9.59 Å². The molecule has 0 aromatic heterocycles. The van der Waals surface area contributed by atoms with Crippen molar-refractivity contribution in [2.45, 2.75) is 11.8 Å². The normalized spacial score (nSPS) is 25.2. The molecule has 2 aliphatic heterocycles. The van der Waals surface area contributed by atoms with E-state index < -0.39 is 5.97 Å². The van der Waals surface area contributed by atoms with Gasteiger partial charge in [0.15, 0.2) is 0 Å². The molecule has 1 fully saturated rings. The molecule has 0 aromatic rings. The van der Waals surface area contributed by atoms with Crippen LogP contribution in [-0.4, -0.2) is 33.0 Å². The predicted molar refractivity (Wildman–Crippen MR) is 50.7 cm³/mol. The van der Waals surface area contributed by atoms with Crippen LogP contribution in [0.15, 0.2) is 11.8 Å². The van der Waals surface area contributed by atoms with Crippen LogP contribution < -0.4 is 0 Å². The van der Waals surface area contributed by atoms with Gasteiger partial charge in [0.2, 0.25) is 5.91 Å². The lowest BCUT2D eigenvalue weighted by molar-refractivity contribution is -0.146. The van der Waals surface area contributed by atoms with Crippen LogP contribution in [0.2, 0.25) is 0 Å². The van der Waals surface area contributed by atoms with Gasteiger partial charge in [0.25, 0.3) is 0 Å². The number of aliphatic carboxylic acids is 1. The second-order valence-electron chi connectivity index (χ2n) is 2.65. The molecule has 0 unspecified atom stereocenters. The Morgan fingerprint density at radius 1 is 1.69 bits per heavy atom. The number of carboxylic acid groups (broad SMARTS) is 1. The van der Waals surface area contributed by atoms with Gasteiger partial charge in [-0.05, 0) is 6.08 Å². The summed E-state index contributed by atoms with van der Waals surface area (Å²) in [5.41, 5.74) is 0.148. The maximum atomic E-state index is 11.0. The Kier molecular flexibility index (Phi) is 2.87. The maximum absolute atomic E-state index is 11.0. The minimum Gasteiger partial charge on any atom is -0.477 e. The second kappa shape index (κ2) is 3.59. The van der Waals surface area contributed by atoms with Crippen LogP contribution in [-0.2, 0) is 9.59 Å². The SMILES string of the molecule is Cl.O=C(O)C1=CCS[C@@H]2CC(=O)N12. The largest absolute Gasteiger partial charge is 0.477 e. The molecule has 6 heteroatoms. The predicted octanol–water partition coefficient (Wildman–Crippen LogP) is 0.682. The van der Waals surface area contributed by atoms with Gasteiger partial charge in [-0.25, -0.2) is 4.79 Å². The van der Waals surface area contributed by atoms with E-state index in [-0.39, 0.29) is 29.4 Å². The van der Waals surface area contributed by atoms with Crippen molar-refractivity contribution in [3.05, 3.63) is 11.8 Å². The summed E-state index contributed by atoms with van der Waals surface area (Å²) in [6.45, 7) is 0. The zero-order valence-corrected chi connectivity index (χ0v) is 8.23. The Morgan fingerprint density at radius 2 is 2.38 bits per heavy atom. The van der Waals surface area contributed by atoms with Crippen LogP contribution >= 0.6 is 24.2 Å². The van der Waals surface area contributed by atoms with E-state index in [2.05, 4.69) is 0 Å². The monoisotopic (exact) mass is 221 g/mol. The third kappa shape index (κ3) is 1.53. The quantitative estimate of drug-likeness (QED) is 0.662. The number of hydrogen-bond donors (Lipinski definition) is 1. The molecule has 1 atom stereocenters. The highest BCUT2D eigenvalue weighted by Crippen LogP contribution is 2.36. The van der Waals surface area contributed by atoms with Crippen molar-refractivity contribution in [1.82, 2.24) is 4.90 Å². The van der Waals surface area contributed by atoms with Gasteiger partial charge < -0.3 is 5.11 Å². The number of carbonyl (C=O) groups excluding carboxylic acids is 1. The number of hydrogen-bond acceptors (Lipinski definition) is 3. The van der Waals surface area contributed by atoms with E-state index in [0.29, 0.717) is 12.2 Å². The smallest absolute Gasteiger partial charge is 0.352 e. The van der Waals surface area contributed by atoms with Crippen molar-refractivity contribution >= 4 is 36.0 Å². The molecule has 13 heavy (non-hydrogen) atoms. The van der Waals surface area contributed by atoms with Crippen molar-refractivity contribution in [1.29, 1.82) is 0 Å². The zero-order chi connectivity index (χ0) is 8.72. The maximum Gasteiger partial charge on any atom is 0.352 e. The summed E-state index contributed by atoms with van der Waals surface area (Å²) in [7, 11) is 0. The Hall–Kier alpha value is -0.680. The first kappa shape index (κ1) is 10.4. The summed E-state index contributed by atoms with van der Waals surface area (Å²) < 4.78 is 0. The molecular formula is C7H8ClNO3S. The third-order valence-electron chi connectivity index (χ3n) is 1.95. The van der Waals surface area contributed by atoms with Crippen LogP contribution in [0.4, 0.5) is 0 Å². The highest BCUT2D eigenvalue weighted by Gasteiger charge is 2.42. The van der Waals surface area contributed by atoms with Gasteiger partial charge in [-0.1, -0.05) is 0 Å². The summed E-state index contributed by atoms with van der Waals surface area (Å²) in [4.78, 5) is 23.0. The molecule has 1 N–H and O–H groups in total. The molecule has 4 nitrogen and oxygen atoms in total. The molecule has 72 valence electrons. The van der Waals surface area contributed by atoms with E-state index in [4.69, 9.17) is 5.11 Å². The van der Waals surface area contributed by atoms with Crippen molar-refractivity contribution < 1.29 is 14.7 Å². The number of amides is 1. The van der Waals surface area contributed by atoms with Gasteiger partial charge >= 0.3 is 5.97 Å². The van der Waals surface area contributed by atoms with Crippen LogP contribution in [0.1, 0.15) is 6.42 Å². The summed E-state index contributed by atoms with van der Waals surface area (Å²) >= 11 is 1.60. The molecule has 0 radical (unpaired) electrons. The summed E-state index contributed by atoms with van der Waals surface area (Å²) in [5.74, 6) is -0.398. The highest BCUT2D eigenvalue weighted by molar-refractivity contribution is 8.00. The average Bonchev–Trinajstić information content (AvgIpc) is 2.01. The van der Waals surface area contributed by atoms with E-state index in [1.807, 2.05) is 0 Å². The number of nitrogens with zero attached hydrogens (tertiary/aromatic N) is 1. The zero-order valence-electron chi connectivity index (χ0n) is 6.60. The standard InChI is InChI=1S/C7H7NO3S.ClH/c9-5-3-6-8(5)4(7(10)11)1-2-12-6;/h1,6H,2-3H2,(H,10,11);1H/t6-;/m1./s1. The molecule has 0 bridgehead atoms. The molecule has 0 aromatic carbocycles. The van der Waals surface area contributed by atoms with E-state index in [0.717, 1.165) is 0 Å². The number of rotatable bonds is 1. The third-order valence-corrected chi connectivity index (χ3v) is 3.07. The molecule has 2 rings (SSSR count). The van der Waals surface area contributed by atoms with Gasteiger partial charge in [-0.3, -0.25) is 9.69 Å². The Labute approximate surface area is 85.4 Å². The van der Waals surface area contributed by atoms with Gasteiger partial charge in [0.05, 0.1) is 11.8 Å². The topological polar surface area (TPSA) is 57.6 Å². The van der Waals surface area contributed by atoms with Crippen LogP contribution in [0.25, 0.3) is 0 Å². The summed E-state index contributed by atoms with van der Waals surface area (Å²) in [5, 5.41) is 8.78. The first-order valence-electron chi connectivity index (χ1n) is 3.57.